The number of halogens is 1. The van der Waals surface area contributed by atoms with Gasteiger partial charge in [0.15, 0.2) is 0 Å². The molecule has 2 rings (SSSR count). The molecule has 0 aliphatic rings. The lowest BCUT2D eigenvalue weighted by atomic mass is 10.3. The maximum atomic E-state index is 5.78. The first-order chi connectivity index (χ1) is 7.25. The van der Waals surface area contributed by atoms with E-state index in [-0.39, 0.29) is 0 Å². The second-order valence-electron chi connectivity index (χ2n) is 3.02. The van der Waals surface area contributed by atoms with Gasteiger partial charge in [-0.2, -0.15) is 0 Å². The predicted molar refractivity (Wildman–Crippen MR) is 68.0 cm³/mol. The maximum absolute atomic E-state index is 5.78. The minimum atomic E-state index is 0.743. The van der Waals surface area contributed by atoms with Crippen LogP contribution < -0.4 is 11.1 Å². The van der Waals surface area contributed by atoms with Gasteiger partial charge in [-0.3, -0.25) is 0 Å². The lowest BCUT2D eigenvalue weighted by Gasteiger charge is -2.04. The smallest absolute Gasteiger partial charge is 0.106 e. The fraction of sp³-hybridized carbons (Fsp3) is 0.100. The predicted octanol–water partition coefficient (Wildman–Crippen LogP) is 3.10. The van der Waals surface area contributed by atoms with Crippen molar-refractivity contribution in [1.29, 1.82) is 0 Å². The average Bonchev–Trinajstić information content (AvgIpc) is 2.63. The van der Waals surface area contributed by atoms with E-state index < -0.39 is 0 Å². The van der Waals surface area contributed by atoms with Crippen LogP contribution in [0.1, 0.15) is 4.88 Å². The van der Waals surface area contributed by atoms with Crippen LogP contribution >= 0.6 is 27.3 Å². The van der Waals surface area contributed by atoms with Gasteiger partial charge >= 0.3 is 0 Å². The second kappa shape index (κ2) is 4.63. The number of hydrogen-bond acceptors (Lipinski definition) is 4. The summed E-state index contributed by atoms with van der Waals surface area (Å²) in [6.07, 6.45) is 1.79. The SMILES string of the molecule is Nc1ccsc1CNc1ccc(Br)nc1. The molecule has 78 valence electrons. The summed E-state index contributed by atoms with van der Waals surface area (Å²) in [5.41, 5.74) is 7.61. The molecule has 2 aromatic heterocycles. The highest BCUT2D eigenvalue weighted by molar-refractivity contribution is 9.10. The van der Waals surface area contributed by atoms with E-state index in [1.165, 1.54) is 0 Å². The summed E-state index contributed by atoms with van der Waals surface area (Å²) in [5, 5.41) is 5.25. The van der Waals surface area contributed by atoms with Crippen LogP contribution in [-0.4, -0.2) is 4.98 Å². The summed E-state index contributed by atoms with van der Waals surface area (Å²) in [5.74, 6) is 0. The first kappa shape index (κ1) is 10.4. The van der Waals surface area contributed by atoms with Gasteiger partial charge < -0.3 is 11.1 Å². The summed E-state index contributed by atoms with van der Waals surface area (Å²) in [7, 11) is 0. The molecule has 0 aliphatic carbocycles. The van der Waals surface area contributed by atoms with Gasteiger partial charge in [-0.25, -0.2) is 4.98 Å². The Hall–Kier alpha value is -1.07. The normalized spacial score (nSPS) is 10.2. The molecule has 5 heteroatoms. The molecule has 3 nitrogen and oxygen atoms in total. The molecular formula is C10H10BrN3S. The monoisotopic (exact) mass is 283 g/mol. The van der Waals surface area contributed by atoms with Crippen LogP contribution in [0, 0.1) is 0 Å². The van der Waals surface area contributed by atoms with Crippen molar-refractivity contribution in [2.45, 2.75) is 6.54 Å². The topological polar surface area (TPSA) is 50.9 Å². The van der Waals surface area contributed by atoms with Crippen LogP contribution in [0.15, 0.2) is 34.4 Å². The molecule has 0 atom stereocenters. The zero-order chi connectivity index (χ0) is 10.7. The van der Waals surface area contributed by atoms with Gasteiger partial charge in [0.05, 0.1) is 18.4 Å². The van der Waals surface area contributed by atoms with E-state index in [1.807, 2.05) is 23.6 Å². The van der Waals surface area contributed by atoms with E-state index in [0.717, 1.165) is 27.4 Å². The molecule has 3 N–H and O–H groups in total. The summed E-state index contributed by atoms with van der Waals surface area (Å²) in [6.45, 7) is 0.743. The number of hydrogen-bond donors (Lipinski definition) is 2. The Labute approximate surface area is 100 Å². The molecule has 0 saturated carbocycles. The number of thiophene rings is 1. The van der Waals surface area contributed by atoms with E-state index in [1.54, 1.807) is 17.5 Å². The highest BCUT2D eigenvalue weighted by atomic mass is 79.9. The van der Waals surface area contributed by atoms with Crippen molar-refractivity contribution >= 4 is 38.6 Å². The van der Waals surface area contributed by atoms with Gasteiger partial charge in [0.1, 0.15) is 4.60 Å². The number of rotatable bonds is 3. The first-order valence-electron chi connectivity index (χ1n) is 4.43. The summed E-state index contributed by atoms with van der Waals surface area (Å²) in [6, 6.07) is 5.79. The third-order valence-corrected chi connectivity index (χ3v) is 3.37. The van der Waals surface area contributed by atoms with Crippen LogP contribution in [0.5, 0.6) is 0 Å². The van der Waals surface area contributed by atoms with Crippen molar-refractivity contribution < 1.29 is 0 Å². The molecule has 0 aromatic carbocycles. The number of nitrogens with one attached hydrogen (secondary N) is 1. The lowest BCUT2D eigenvalue weighted by molar-refractivity contribution is 1.17. The minimum absolute atomic E-state index is 0.743. The molecule has 0 radical (unpaired) electrons. The minimum Gasteiger partial charge on any atom is -0.398 e. The number of aromatic nitrogens is 1. The van der Waals surface area contributed by atoms with Gasteiger partial charge in [0.25, 0.3) is 0 Å². The molecule has 0 bridgehead atoms. The van der Waals surface area contributed by atoms with Gasteiger partial charge in [0, 0.05) is 10.6 Å². The zero-order valence-corrected chi connectivity index (χ0v) is 10.3. The van der Waals surface area contributed by atoms with Gasteiger partial charge in [-0.05, 0) is 39.5 Å². The first-order valence-corrected chi connectivity index (χ1v) is 6.10. The van der Waals surface area contributed by atoms with Gasteiger partial charge in [-0.1, -0.05) is 0 Å². The molecular weight excluding hydrogens is 274 g/mol. The Bertz CT molecular complexity index is 438. The van der Waals surface area contributed by atoms with Crippen LogP contribution in [0.4, 0.5) is 11.4 Å². The quantitative estimate of drug-likeness (QED) is 0.851. The van der Waals surface area contributed by atoms with E-state index in [0.29, 0.717) is 0 Å². The Morgan fingerprint density at radius 2 is 2.27 bits per heavy atom. The Kier molecular flexibility index (Phi) is 3.23. The fourth-order valence-corrected chi connectivity index (χ4v) is 2.13. The van der Waals surface area contributed by atoms with E-state index in [9.17, 15) is 0 Å². The molecule has 0 amide bonds. The number of pyridine rings is 1. The number of nitrogen functional groups attached to an aromatic ring is 1. The lowest BCUT2D eigenvalue weighted by Crippen LogP contribution is -2.00. The third kappa shape index (κ3) is 2.70. The van der Waals surface area contributed by atoms with Crippen LogP contribution in [0.2, 0.25) is 0 Å². The van der Waals surface area contributed by atoms with Gasteiger partial charge in [0.2, 0.25) is 0 Å². The van der Waals surface area contributed by atoms with Crippen molar-refractivity contribution in [3.05, 3.63) is 39.3 Å². The summed E-state index contributed by atoms with van der Waals surface area (Å²) in [4.78, 5) is 5.28. The van der Waals surface area contributed by atoms with E-state index in [2.05, 4.69) is 26.2 Å². The number of nitrogens with two attached hydrogens (primary N) is 1. The van der Waals surface area contributed by atoms with Crippen LogP contribution in [-0.2, 0) is 6.54 Å². The van der Waals surface area contributed by atoms with Crippen LogP contribution in [0.25, 0.3) is 0 Å². The summed E-state index contributed by atoms with van der Waals surface area (Å²) < 4.78 is 0.837. The molecule has 2 aromatic rings. The fourth-order valence-electron chi connectivity index (χ4n) is 1.16. The Morgan fingerprint density at radius 1 is 1.40 bits per heavy atom. The molecule has 0 unspecified atom stereocenters. The van der Waals surface area contributed by atoms with Crippen molar-refractivity contribution in [3.8, 4) is 0 Å². The van der Waals surface area contributed by atoms with E-state index >= 15 is 0 Å². The van der Waals surface area contributed by atoms with Crippen molar-refractivity contribution in [1.82, 2.24) is 4.98 Å². The largest absolute Gasteiger partial charge is 0.398 e. The van der Waals surface area contributed by atoms with Crippen molar-refractivity contribution in [2.24, 2.45) is 0 Å². The van der Waals surface area contributed by atoms with Crippen molar-refractivity contribution in [2.75, 3.05) is 11.1 Å². The van der Waals surface area contributed by atoms with Crippen molar-refractivity contribution in [3.63, 3.8) is 0 Å². The third-order valence-electron chi connectivity index (χ3n) is 1.96. The summed E-state index contributed by atoms with van der Waals surface area (Å²) >= 11 is 4.94. The second-order valence-corrected chi connectivity index (χ2v) is 4.84. The molecule has 15 heavy (non-hydrogen) atoms. The standard InChI is InChI=1S/C10H10BrN3S/c11-10-2-1-7(5-14-10)13-6-9-8(12)3-4-15-9/h1-5,13H,6,12H2. The number of nitrogens with zero attached hydrogens (tertiary/aromatic N) is 1. The zero-order valence-electron chi connectivity index (χ0n) is 7.90. The highest BCUT2D eigenvalue weighted by Gasteiger charge is 2.00. The molecule has 0 fully saturated rings. The van der Waals surface area contributed by atoms with E-state index in [4.69, 9.17) is 5.73 Å². The van der Waals surface area contributed by atoms with Gasteiger partial charge in [-0.15, -0.1) is 11.3 Å². The molecule has 2 heterocycles. The molecule has 0 spiro atoms. The molecule has 0 saturated heterocycles. The molecule has 0 aliphatic heterocycles. The van der Waals surface area contributed by atoms with Crippen LogP contribution in [0.3, 0.4) is 0 Å². The maximum Gasteiger partial charge on any atom is 0.106 e. The number of anilines is 2. The highest BCUT2D eigenvalue weighted by Crippen LogP contribution is 2.20. The average molecular weight is 284 g/mol. The Morgan fingerprint density at radius 3 is 2.87 bits per heavy atom. The Balaban J connectivity index is 1.99.